The van der Waals surface area contributed by atoms with E-state index in [0.717, 1.165) is 23.2 Å². The number of anilines is 1. The van der Waals surface area contributed by atoms with Crippen LogP contribution in [0.1, 0.15) is 29.2 Å². The summed E-state index contributed by atoms with van der Waals surface area (Å²) >= 11 is 6.00. The highest BCUT2D eigenvalue weighted by Crippen LogP contribution is 2.37. The van der Waals surface area contributed by atoms with Crippen LogP contribution in [-0.4, -0.2) is 35.7 Å². The van der Waals surface area contributed by atoms with Crippen molar-refractivity contribution in [3.8, 4) is 5.75 Å². The number of amides is 2. The standard InChI is InChI=1S/C27H26ClN3O3/c1-34-24-5-3-2-4-23(24)29-27(33)30-15-19-14-21(17-30)26-20(10-13-25(32)31(26)16-19)9-6-18-7-11-22(28)12-8-18/h2-13,19,21H,14-17H2,1H3,(H,29,33)/t19-,21-/m1/s1. The van der Waals surface area contributed by atoms with E-state index in [0.29, 0.717) is 36.1 Å². The van der Waals surface area contributed by atoms with Crippen LogP contribution < -0.4 is 15.6 Å². The lowest BCUT2D eigenvalue weighted by atomic mass is 9.81. The highest BCUT2D eigenvalue weighted by atomic mass is 35.5. The van der Waals surface area contributed by atoms with Gasteiger partial charge >= 0.3 is 6.03 Å². The van der Waals surface area contributed by atoms with Crippen molar-refractivity contribution >= 4 is 35.5 Å². The smallest absolute Gasteiger partial charge is 0.321 e. The molecule has 0 saturated carbocycles. The molecule has 2 amide bonds. The Morgan fingerprint density at radius 2 is 1.82 bits per heavy atom. The van der Waals surface area contributed by atoms with Crippen LogP contribution in [0.4, 0.5) is 10.5 Å². The zero-order valence-corrected chi connectivity index (χ0v) is 19.7. The lowest BCUT2D eigenvalue weighted by molar-refractivity contribution is 0.139. The quantitative estimate of drug-likeness (QED) is 0.554. The molecular formula is C27H26ClN3O3. The van der Waals surface area contributed by atoms with Crippen molar-refractivity contribution in [2.45, 2.75) is 18.9 Å². The summed E-state index contributed by atoms with van der Waals surface area (Å²) in [6.45, 7) is 1.79. The van der Waals surface area contributed by atoms with Gasteiger partial charge in [0, 0.05) is 42.3 Å². The van der Waals surface area contributed by atoms with Crippen LogP contribution in [-0.2, 0) is 6.54 Å². The summed E-state index contributed by atoms with van der Waals surface area (Å²) in [5.74, 6) is 0.956. The van der Waals surface area contributed by atoms with Crippen molar-refractivity contribution in [1.82, 2.24) is 9.47 Å². The molecule has 6 nitrogen and oxygen atoms in total. The number of pyridine rings is 1. The van der Waals surface area contributed by atoms with E-state index >= 15 is 0 Å². The molecule has 2 aromatic carbocycles. The Kier molecular flexibility index (Phi) is 6.16. The van der Waals surface area contributed by atoms with Gasteiger partial charge < -0.3 is 19.5 Å². The first-order chi connectivity index (χ1) is 16.5. The Balaban J connectivity index is 1.41. The maximum absolute atomic E-state index is 13.1. The monoisotopic (exact) mass is 475 g/mol. The molecule has 2 aliphatic heterocycles. The second-order valence-electron chi connectivity index (χ2n) is 8.84. The first-order valence-electron chi connectivity index (χ1n) is 11.4. The number of carbonyl (C=O) groups is 1. The average Bonchev–Trinajstić information content (AvgIpc) is 2.85. The zero-order valence-electron chi connectivity index (χ0n) is 18.9. The second kappa shape index (κ2) is 9.39. The number of aromatic nitrogens is 1. The molecule has 0 unspecified atom stereocenters. The number of para-hydroxylation sites is 2. The van der Waals surface area contributed by atoms with E-state index < -0.39 is 0 Å². The summed E-state index contributed by atoms with van der Waals surface area (Å²) in [5.41, 5.74) is 3.70. The number of rotatable bonds is 4. The van der Waals surface area contributed by atoms with Crippen LogP contribution in [0.25, 0.3) is 12.2 Å². The summed E-state index contributed by atoms with van der Waals surface area (Å²) in [5, 5.41) is 3.69. The molecule has 2 bridgehead atoms. The summed E-state index contributed by atoms with van der Waals surface area (Å²) in [4.78, 5) is 27.7. The Labute approximate surface area is 203 Å². The molecule has 0 radical (unpaired) electrons. The summed E-state index contributed by atoms with van der Waals surface area (Å²) < 4.78 is 7.27. The van der Waals surface area contributed by atoms with Crippen LogP contribution in [0.5, 0.6) is 5.75 Å². The lowest BCUT2D eigenvalue weighted by Crippen LogP contribution is -2.50. The van der Waals surface area contributed by atoms with E-state index in [1.165, 1.54) is 0 Å². The van der Waals surface area contributed by atoms with Gasteiger partial charge in [0.2, 0.25) is 0 Å². The first-order valence-corrected chi connectivity index (χ1v) is 11.8. The fraction of sp³-hybridized carbons (Fsp3) is 0.259. The summed E-state index contributed by atoms with van der Waals surface area (Å²) in [6, 6.07) is 18.4. The molecule has 7 heteroatoms. The van der Waals surface area contributed by atoms with Gasteiger partial charge in [-0.15, -0.1) is 0 Å². The van der Waals surface area contributed by atoms with Gasteiger partial charge in [0.1, 0.15) is 5.75 Å². The molecule has 1 N–H and O–H groups in total. The van der Waals surface area contributed by atoms with E-state index in [1.807, 2.05) is 76.2 Å². The van der Waals surface area contributed by atoms with Crippen molar-refractivity contribution in [2.75, 3.05) is 25.5 Å². The number of nitrogens with zero attached hydrogens (tertiary/aromatic N) is 2. The maximum atomic E-state index is 13.1. The molecule has 2 aliphatic rings. The molecule has 3 aromatic rings. The Bertz CT molecular complexity index is 1300. The number of likely N-dealkylation sites (tertiary alicyclic amines) is 1. The van der Waals surface area contributed by atoms with Gasteiger partial charge in [-0.3, -0.25) is 4.79 Å². The third-order valence-corrected chi connectivity index (χ3v) is 6.84. The van der Waals surface area contributed by atoms with Crippen LogP contribution in [0.15, 0.2) is 65.5 Å². The molecule has 1 aromatic heterocycles. The number of hydrogen-bond donors (Lipinski definition) is 1. The van der Waals surface area contributed by atoms with Crippen LogP contribution in [0.2, 0.25) is 5.02 Å². The van der Waals surface area contributed by atoms with Gasteiger partial charge in [0.15, 0.2) is 0 Å². The van der Waals surface area contributed by atoms with E-state index in [4.69, 9.17) is 16.3 Å². The fourth-order valence-electron chi connectivity index (χ4n) is 5.06. The summed E-state index contributed by atoms with van der Waals surface area (Å²) in [6.07, 6.45) is 5.03. The van der Waals surface area contributed by atoms with Gasteiger partial charge in [0.25, 0.3) is 5.56 Å². The summed E-state index contributed by atoms with van der Waals surface area (Å²) in [7, 11) is 1.59. The Morgan fingerprint density at radius 1 is 1.03 bits per heavy atom. The topological polar surface area (TPSA) is 63.6 Å². The maximum Gasteiger partial charge on any atom is 0.321 e. The van der Waals surface area contributed by atoms with Crippen molar-refractivity contribution in [2.24, 2.45) is 5.92 Å². The van der Waals surface area contributed by atoms with Crippen molar-refractivity contribution in [1.29, 1.82) is 0 Å². The van der Waals surface area contributed by atoms with E-state index in [1.54, 1.807) is 13.2 Å². The highest BCUT2D eigenvalue weighted by molar-refractivity contribution is 6.30. The number of ether oxygens (including phenoxy) is 1. The SMILES string of the molecule is COc1ccccc1NC(=O)N1C[C@H]2C[C@H](C1)c1c(C=Cc3ccc(Cl)cc3)ccc(=O)n1C2. The van der Waals surface area contributed by atoms with E-state index in [9.17, 15) is 9.59 Å². The third kappa shape index (κ3) is 4.46. The highest BCUT2D eigenvalue weighted by Gasteiger charge is 2.37. The van der Waals surface area contributed by atoms with Crippen LogP contribution in [0.3, 0.4) is 0 Å². The number of urea groups is 1. The number of fused-ring (bicyclic) bond motifs is 4. The van der Waals surface area contributed by atoms with Crippen molar-refractivity contribution in [3.05, 3.63) is 92.9 Å². The largest absolute Gasteiger partial charge is 0.495 e. The molecule has 2 atom stereocenters. The average molecular weight is 476 g/mol. The zero-order chi connectivity index (χ0) is 23.7. The Morgan fingerprint density at radius 3 is 2.62 bits per heavy atom. The van der Waals surface area contributed by atoms with Gasteiger partial charge in [-0.2, -0.15) is 0 Å². The molecule has 0 aliphatic carbocycles. The third-order valence-electron chi connectivity index (χ3n) is 6.58. The minimum Gasteiger partial charge on any atom is -0.495 e. The molecule has 34 heavy (non-hydrogen) atoms. The number of benzene rings is 2. The molecule has 0 spiro atoms. The molecule has 174 valence electrons. The van der Waals surface area contributed by atoms with Crippen LogP contribution in [0, 0.1) is 5.92 Å². The number of carbonyl (C=O) groups excluding carboxylic acids is 1. The minimum atomic E-state index is -0.149. The van der Waals surface area contributed by atoms with E-state index in [2.05, 4.69) is 5.32 Å². The molecule has 1 saturated heterocycles. The first kappa shape index (κ1) is 22.3. The molecule has 1 fully saturated rings. The number of nitrogens with one attached hydrogen (secondary N) is 1. The molecular weight excluding hydrogens is 450 g/mol. The minimum absolute atomic E-state index is 0.0141. The number of halogens is 1. The Hall–Kier alpha value is -3.51. The van der Waals surface area contributed by atoms with E-state index in [-0.39, 0.29) is 23.4 Å². The van der Waals surface area contributed by atoms with Gasteiger partial charge in [0.05, 0.1) is 12.8 Å². The van der Waals surface area contributed by atoms with Crippen LogP contribution >= 0.6 is 11.6 Å². The normalized spacial score (nSPS) is 19.1. The van der Waals surface area contributed by atoms with Crippen molar-refractivity contribution in [3.63, 3.8) is 0 Å². The second-order valence-corrected chi connectivity index (χ2v) is 9.28. The predicted octanol–water partition coefficient (Wildman–Crippen LogP) is 5.33. The number of piperidine rings is 1. The molecule has 3 heterocycles. The number of hydrogen-bond acceptors (Lipinski definition) is 3. The fourth-order valence-corrected chi connectivity index (χ4v) is 5.18. The van der Waals surface area contributed by atoms with Gasteiger partial charge in [-0.05, 0) is 53.8 Å². The van der Waals surface area contributed by atoms with Gasteiger partial charge in [-0.1, -0.05) is 48.0 Å². The van der Waals surface area contributed by atoms with Gasteiger partial charge in [-0.25, -0.2) is 4.79 Å². The predicted molar refractivity (Wildman–Crippen MR) is 136 cm³/mol. The van der Waals surface area contributed by atoms with Crippen molar-refractivity contribution < 1.29 is 9.53 Å². The molecule has 5 rings (SSSR count). The number of methoxy groups -OCH3 is 1. The lowest BCUT2D eigenvalue weighted by Gasteiger charge is -2.43.